The van der Waals surface area contributed by atoms with Crippen molar-refractivity contribution in [3.63, 3.8) is 0 Å². The first kappa shape index (κ1) is 20.0. The van der Waals surface area contributed by atoms with E-state index in [4.69, 9.17) is 14.2 Å². The second-order valence-corrected chi connectivity index (χ2v) is 7.20. The molecule has 0 atom stereocenters. The summed E-state index contributed by atoms with van der Waals surface area (Å²) in [5.74, 6) is 1.95. The Bertz CT molecular complexity index is 940. The number of amides is 1. The highest BCUT2D eigenvalue weighted by Crippen LogP contribution is 2.24. The number of ether oxygens (including phenoxy) is 3. The summed E-state index contributed by atoms with van der Waals surface area (Å²) in [4.78, 5) is 12.6. The van der Waals surface area contributed by atoms with Crippen LogP contribution in [0.5, 0.6) is 17.2 Å². The van der Waals surface area contributed by atoms with Crippen molar-refractivity contribution in [2.24, 2.45) is 0 Å². The van der Waals surface area contributed by atoms with Gasteiger partial charge in [-0.05, 0) is 89.3 Å². The maximum absolute atomic E-state index is 12.6. The van der Waals surface area contributed by atoms with Crippen LogP contribution in [-0.4, -0.2) is 20.1 Å². The third kappa shape index (κ3) is 5.16. The van der Waals surface area contributed by atoms with E-state index in [1.54, 1.807) is 32.4 Å². The van der Waals surface area contributed by atoms with E-state index in [9.17, 15) is 4.79 Å². The lowest BCUT2D eigenvalue weighted by atomic mass is 10.1. The normalized spacial score (nSPS) is 10.2. The van der Waals surface area contributed by atoms with Gasteiger partial charge in [-0.15, -0.1) is 0 Å². The lowest BCUT2D eigenvalue weighted by Crippen LogP contribution is -2.12. The van der Waals surface area contributed by atoms with Gasteiger partial charge in [0.1, 0.15) is 23.9 Å². The zero-order valence-corrected chi connectivity index (χ0v) is 17.7. The molecule has 0 bridgehead atoms. The molecule has 0 spiro atoms. The van der Waals surface area contributed by atoms with Crippen LogP contribution in [0.3, 0.4) is 0 Å². The van der Waals surface area contributed by atoms with Crippen LogP contribution in [0.1, 0.15) is 15.9 Å². The lowest BCUT2D eigenvalue weighted by molar-refractivity contribution is 0.102. The number of methoxy groups -OCH3 is 2. The summed E-state index contributed by atoms with van der Waals surface area (Å²) in [5, 5.41) is 2.90. The predicted molar refractivity (Wildman–Crippen MR) is 117 cm³/mol. The Kier molecular flexibility index (Phi) is 6.76. The minimum Gasteiger partial charge on any atom is -0.497 e. The fraction of sp³-hybridized carbons (Fsp3) is 0.136. The van der Waals surface area contributed by atoms with E-state index < -0.39 is 0 Å². The Labute approximate surface area is 177 Å². The third-order valence-corrected chi connectivity index (χ3v) is 4.82. The molecule has 144 valence electrons. The largest absolute Gasteiger partial charge is 0.497 e. The van der Waals surface area contributed by atoms with Crippen molar-refractivity contribution in [1.29, 1.82) is 0 Å². The Balaban J connectivity index is 1.73. The fourth-order valence-electron chi connectivity index (χ4n) is 2.60. The maximum atomic E-state index is 12.6. The quantitative estimate of drug-likeness (QED) is 0.467. The van der Waals surface area contributed by atoms with Crippen LogP contribution < -0.4 is 19.5 Å². The van der Waals surface area contributed by atoms with Crippen LogP contribution in [0.15, 0.2) is 66.7 Å². The minimum absolute atomic E-state index is 0.186. The average Bonchev–Trinajstić information content (AvgIpc) is 2.74. The Morgan fingerprint density at radius 2 is 1.57 bits per heavy atom. The molecule has 3 aromatic rings. The maximum Gasteiger partial charge on any atom is 0.255 e. The smallest absolute Gasteiger partial charge is 0.255 e. The molecule has 3 rings (SSSR count). The number of nitrogens with one attached hydrogen (secondary N) is 1. The highest BCUT2D eigenvalue weighted by atomic mass is 127. The zero-order valence-electron chi connectivity index (χ0n) is 15.6. The predicted octanol–water partition coefficient (Wildman–Crippen LogP) is 5.14. The summed E-state index contributed by atoms with van der Waals surface area (Å²) < 4.78 is 17.5. The van der Waals surface area contributed by atoms with Crippen molar-refractivity contribution in [2.75, 3.05) is 19.5 Å². The van der Waals surface area contributed by atoms with Gasteiger partial charge in [-0.2, -0.15) is 0 Å². The number of halogens is 1. The second-order valence-electron chi connectivity index (χ2n) is 5.95. The summed E-state index contributed by atoms with van der Waals surface area (Å²) >= 11 is 2.22. The molecule has 3 aromatic carbocycles. The van der Waals surface area contributed by atoms with Crippen LogP contribution in [0.2, 0.25) is 0 Å². The van der Waals surface area contributed by atoms with Gasteiger partial charge in [0, 0.05) is 20.4 Å². The molecule has 0 saturated carbocycles. The Hall–Kier alpha value is -2.74. The number of hydrogen-bond donors (Lipinski definition) is 1. The second kappa shape index (κ2) is 9.45. The summed E-state index contributed by atoms with van der Waals surface area (Å²) in [5.41, 5.74) is 2.07. The average molecular weight is 489 g/mol. The topological polar surface area (TPSA) is 56.8 Å². The molecule has 0 aliphatic heterocycles. The molecule has 0 unspecified atom stereocenters. The molecule has 5 nitrogen and oxygen atoms in total. The molecule has 1 amide bonds. The van der Waals surface area contributed by atoms with Gasteiger partial charge < -0.3 is 19.5 Å². The minimum atomic E-state index is -0.186. The lowest BCUT2D eigenvalue weighted by Gasteiger charge is -2.13. The molecule has 1 N–H and O–H groups in total. The van der Waals surface area contributed by atoms with Gasteiger partial charge in [0.2, 0.25) is 0 Å². The van der Waals surface area contributed by atoms with Gasteiger partial charge >= 0.3 is 0 Å². The molecule has 0 fully saturated rings. The van der Waals surface area contributed by atoms with Crippen LogP contribution in [0, 0.1) is 3.57 Å². The first-order valence-electron chi connectivity index (χ1n) is 8.59. The Morgan fingerprint density at radius 3 is 2.21 bits per heavy atom. The van der Waals surface area contributed by atoms with Gasteiger partial charge in [0.15, 0.2) is 0 Å². The van der Waals surface area contributed by atoms with Crippen molar-refractivity contribution >= 4 is 34.2 Å². The molecular formula is C22H20INO4. The summed E-state index contributed by atoms with van der Waals surface area (Å²) in [6.45, 7) is 0.278. The number of anilines is 1. The number of carbonyl (C=O) groups is 1. The first-order chi connectivity index (χ1) is 13.6. The number of hydrogen-bond acceptors (Lipinski definition) is 4. The van der Waals surface area contributed by atoms with Crippen molar-refractivity contribution in [1.82, 2.24) is 0 Å². The van der Waals surface area contributed by atoms with Crippen molar-refractivity contribution in [3.05, 3.63) is 81.4 Å². The Morgan fingerprint density at radius 1 is 0.893 bits per heavy atom. The standard InChI is InChI=1S/C22H20INO4/c1-26-19-8-10-20(11-9-19)28-14-16-13-15(3-12-21(16)27-2)22(25)24-18-6-4-17(23)5-7-18/h3-13H,14H2,1-2H3,(H,24,25). The number of benzene rings is 3. The van der Waals surface area contributed by atoms with Crippen molar-refractivity contribution in [2.45, 2.75) is 6.61 Å². The van der Waals surface area contributed by atoms with E-state index in [2.05, 4.69) is 27.9 Å². The van der Waals surface area contributed by atoms with E-state index in [1.165, 1.54) is 0 Å². The molecule has 0 aliphatic carbocycles. The molecule has 28 heavy (non-hydrogen) atoms. The summed E-state index contributed by atoms with van der Waals surface area (Å²) in [6.07, 6.45) is 0. The highest BCUT2D eigenvalue weighted by molar-refractivity contribution is 14.1. The van der Waals surface area contributed by atoms with Crippen LogP contribution >= 0.6 is 22.6 Å². The van der Waals surface area contributed by atoms with E-state index >= 15 is 0 Å². The molecule has 0 heterocycles. The van der Waals surface area contributed by atoms with E-state index in [0.717, 1.165) is 20.6 Å². The van der Waals surface area contributed by atoms with E-state index in [0.29, 0.717) is 17.1 Å². The van der Waals surface area contributed by atoms with Crippen molar-refractivity contribution in [3.8, 4) is 17.2 Å². The van der Waals surface area contributed by atoms with Crippen LogP contribution in [0.25, 0.3) is 0 Å². The summed E-state index contributed by atoms with van der Waals surface area (Å²) in [6, 6.07) is 20.2. The van der Waals surface area contributed by atoms with Gasteiger partial charge in [-0.3, -0.25) is 4.79 Å². The summed E-state index contributed by atoms with van der Waals surface area (Å²) in [7, 11) is 3.21. The van der Waals surface area contributed by atoms with Gasteiger partial charge in [-0.25, -0.2) is 0 Å². The molecule has 0 saturated heterocycles. The van der Waals surface area contributed by atoms with Crippen LogP contribution in [-0.2, 0) is 6.61 Å². The molecule has 0 aliphatic rings. The van der Waals surface area contributed by atoms with Gasteiger partial charge in [0.25, 0.3) is 5.91 Å². The van der Waals surface area contributed by atoms with E-state index in [1.807, 2.05) is 48.5 Å². The number of carbonyl (C=O) groups excluding carboxylic acids is 1. The molecule has 0 radical (unpaired) electrons. The third-order valence-electron chi connectivity index (χ3n) is 4.10. The van der Waals surface area contributed by atoms with E-state index in [-0.39, 0.29) is 12.5 Å². The first-order valence-corrected chi connectivity index (χ1v) is 9.67. The SMILES string of the molecule is COc1ccc(OCc2cc(C(=O)Nc3ccc(I)cc3)ccc2OC)cc1. The molecular weight excluding hydrogens is 469 g/mol. The molecule has 6 heteroatoms. The monoisotopic (exact) mass is 489 g/mol. The van der Waals surface area contributed by atoms with Gasteiger partial charge in [-0.1, -0.05) is 0 Å². The van der Waals surface area contributed by atoms with Gasteiger partial charge in [0.05, 0.1) is 14.2 Å². The van der Waals surface area contributed by atoms with Crippen molar-refractivity contribution < 1.29 is 19.0 Å². The van der Waals surface area contributed by atoms with Crippen LogP contribution in [0.4, 0.5) is 5.69 Å². The highest BCUT2D eigenvalue weighted by Gasteiger charge is 2.11. The zero-order chi connectivity index (χ0) is 19.9. The fourth-order valence-corrected chi connectivity index (χ4v) is 2.96. The molecule has 0 aromatic heterocycles. The number of rotatable bonds is 7.